The van der Waals surface area contributed by atoms with Crippen molar-refractivity contribution in [1.82, 2.24) is 9.55 Å². The first-order valence-corrected chi connectivity index (χ1v) is 8.09. The number of nitriles is 1. The summed E-state index contributed by atoms with van der Waals surface area (Å²) in [5.74, 6) is -3.43. The summed E-state index contributed by atoms with van der Waals surface area (Å²) in [6.45, 7) is 4.11. The number of aromatic amines is 1. The van der Waals surface area contributed by atoms with Crippen molar-refractivity contribution in [3.05, 3.63) is 32.6 Å². The number of aryl methyl sites for hydroxylation is 1. The average Bonchev–Trinajstić information content (AvgIpc) is 2.94. The van der Waals surface area contributed by atoms with Crippen LogP contribution in [0.4, 0.5) is 4.39 Å². The number of halogens is 1. The number of alkyl halides is 1. The van der Waals surface area contributed by atoms with Crippen LogP contribution in [0.1, 0.15) is 32.3 Å². The number of hydrogen-bond acceptors (Lipinski definition) is 7. The Morgan fingerprint density at radius 2 is 2.19 bits per heavy atom. The highest BCUT2D eigenvalue weighted by atomic mass is 19.2. The molecule has 1 fully saturated rings. The Balaban J connectivity index is 2.22. The van der Waals surface area contributed by atoms with E-state index in [4.69, 9.17) is 15.2 Å². The van der Waals surface area contributed by atoms with Crippen molar-refractivity contribution in [3.63, 3.8) is 0 Å². The van der Waals surface area contributed by atoms with Gasteiger partial charge in [-0.05, 0) is 12.8 Å². The Bertz CT molecular complexity index is 857. The minimum atomic E-state index is -2.45. The maximum absolute atomic E-state index is 14.9. The lowest BCUT2D eigenvalue weighted by molar-refractivity contribution is -0.214. The SMILES string of the molecule is Cc1cn([C@@]2(C#N)CC[C@@](F)(COC(=O)[C@@H](N)C(C)C)O2)c(=O)[nH]c1=O. The standard InChI is InChI=1S/C16H21FN4O5/c1-9(2)11(19)13(23)25-8-15(17)4-5-16(7-18,26-15)21-6-10(3)12(22)20-14(21)24/h6,9,11H,4-5,8,19H2,1-3H3,(H,20,22,24)/t11-,15-,16-/m0/s1. The summed E-state index contributed by atoms with van der Waals surface area (Å²) in [5, 5.41) is 9.50. The molecular weight excluding hydrogens is 347 g/mol. The number of ether oxygens (including phenoxy) is 2. The molecule has 0 spiro atoms. The molecule has 2 rings (SSSR count). The van der Waals surface area contributed by atoms with Crippen LogP contribution in [0.15, 0.2) is 15.8 Å². The molecule has 142 valence electrons. The zero-order valence-electron chi connectivity index (χ0n) is 14.7. The summed E-state index contributed by atoms with van der Waals surface area (Å²) in [6, 6.07) is 0.867. The lowest BCUT2D eigenvalue weighted by atomic mass is 10.1. The molecule has 9 nitrogen and oxygen atoms in total. The Hall–Kier alpha value is -2.51. The average molecular weight is 368 g/mol. The van der Waals surface area contributed by atoms with Crippen molar-refractivity contribution in [3.8, 4) is 6.07 Å². The molecule has 0 bridgehead atoms. The smallest absolute Gasteiger partial charge is 0.331 e. The lowest BCUT2D eigenvalue weighted by Gasteiger charge is -2.27. The fourth-order valence-corrected chi connectivity index (χ4v) is 2.55. The molecule has 0 radical (unpaired) electrons. The third-order valence-electron chi connectivity index (χ3n) is 4.29. The number of carbonyl (C=O) groups excluding carboxylic acids is 1. The molecule has 10 heteroatoms. The van der Waals surface area contributed by atoms with Crippen molar-refractivity contribution >= 4 is 5.97 Å². The van der Waals surface area contributed by atoms with Gasteiger partial charge in [-0.15, -0.1) is 0 Å². The molecule has 1 saturated heterocycles. The van der Waals surface area contributed by atoms with E-state index < -0.39 is 41.4 Å². The second-order valence-electron chi connectivity index (χ2n) is 6.70. The van der Waals surface area contributed by atoms with Gasteiger partial charge in [0.05, 0.1) is 0 Å². The molecule has 2 heterocycles. The van der Waals surface area contributed by atoms with Crippen LogP contribution in [0.5, 0.6) is 0 Å². The van der Waals surface area contributed by atoms with Crippen LogP contribution < -0.4 is 17.0 Å². The molecule has 0 aliphatic carbocycles. The number of aromatic nitrogens is 2. The van der Waals surface area contributed by atoms with Crippen LogP contribution in [-0.2, 0) is 20.0 Å². The van der Waals surface area contributed by atoms with Gasteiger partial charge in [-0.2, -0.15) is 5.26 Å². The predicted octanol–water partition coefficient (Wildman–Crippen LogP) is 0.0241. The molecule has 3 atom stereocenters. The first kappa shape index (κ1) is 19.8. The fraction of sp³-hybridized carbons (Fsp3) is 0.625. The molecule has 0 saturated carbocycles. The molecule has 1 aliphatic heterocycles. The van der Waals surface area contributed by atoms with Crippen LogP contribution in [-0.4, -0.2) is 34.0 Å². The third-order valence-corrected chi connectivity index (χ3v) is 4.29. The summed E-state index contributed by atoms with van der Waals surface area (Å²) < 4.78 is 25.9. The Labute approximate surface area is 148 Å². The van der Waals surface area contributed by atoms with Gasteiger partial charge in [-0.1, -0.05) is 13.8 Å². The van der Waals surface area contributed by atoms with Gasteiger partial charge >= 0.3 is 11.7 Å². The van der Waals surface area contributed by atoms with E-state index in [0.717, 1.165) is 10.8 Å². The van der Waals surface area contributed by atoms with Crippen molar-refractivity contribution in [2.24, 2.45) is 11.7 Å². The highest BCUT2D eigenvalue weighted by Crippen LogP contribution is 2.41. The monoisotopic (exact) mass is 368 g/mol. The second-order valence-corrected chi connectivity index (χ2v) is 6.70. The first-order chi connectivity index (χ1) is 12.0. The van der Waals surface area contributed by atoms with E-state index in [9.17, 15) is 24.0 Å². The van der Waals surface area contributed by atoms with Gasteiger partial charge in [0.25, 0.3) is 5.56 Å². The lowest BCUT2D eigenvalue weighted by Crippen LogP contribution is -2.46. The van der Waals surface area contributed by atoms with Crippen LogP contribution in [0.2, 0.25) is 0 Å². The van der Waals surface area contributed by atoms with E-state index in [0.29, 0.717) is 0 Å². The fourth-order valence-electron chi connectivity index (χ4n) is 2.55. The van der Waals surface area contributed by atoms with E-state index in [1.54, 1.807) is 19.9 Å². The number of nitrogens with two attached hydrogens (primary N) is 1. The highest BCUT2D eigenvalue weighted by molar-refractivity contribution is 5.75. The quantitative estimate of drug-likeness (QED) is 0.698. The van der Waals surface area contributed by atoms with E-state index in [1.165, 1.54) is 6.92 Å². The number of rotatable bonds is 5. The van der Waals surface area contributed by atoms with Crippen molar-refractivity contribution in [1.29, 1.82) is 5.26 Å². The summed E-state index contributed by atoms with van der Waals surface area (Å²) in [5.41, 5.74) is 2.34. The van der Waals surface area contributed by atoms with Gasteiger partial charge in [0, 0.05) is 24.6 Å². The van der Waals surface area contributed by atoms with Crippen molar-refractivity contribution in [2.45, 2.75) is 51.2 Å². The number of hydrogen-bond donors (Lipinski definition) is 2. The van der Waals surface area contributed by atoms with Crippen LogP contribution in [0.25, 0.3) is 0 Å². The first-order valence-electron chi connectivity index (χ1n) is 8.09. The predicted molar refractivity (Wildman–Crippen MR) is 87.6 cm³/mol. The van der Waals surface area contributed by atoms with Crippen LogP contribution in [0, 0.1) is 24.2 Å². The van der Waals surface area contributed by atoms with E-state index in [2.05, 4.69) is 0 Å². The Morgan fingerprint density at radius 1 is 1.54 bits per heavy atom. The van der Waals surface area contributed by atoms with Gasteiger partial charge in [0.2, 0.25) is 11.6 Å². The number of carbonyl (C=O) groups is 1. The van der Waals surface area contributed by atoms with Crippen LogP contribution >= 0.6 is 0 Å². The number of nitrogens with zero attached hydrogens (tertiary/aromatic N) is 2. The summed E-state index contributed by atoms with van der Waals surface area (Å²) >= 11 is 0. The number of H-pyrrole nitrogens is 1. The molecule has 3 N–H and O–H groups in total. The maximum atomic E-state index is 14.9. The van der Waals surface area contributed by atoms with Crippen molar-refractivity contribution < 1.29 is 18.7 Å². The normalized spacial score (nSPS) is 26.5. The van der Waals surface area contributed by atoms with Gasteiger partial charge in [0.15, 0.2) is 6.61 Å². The Kier molecular flexibility index (Phi) is 5.34. The third kappa shape index (κ3) is 3.68. The minimum absolute atomic E-state index is 0.161. The zero-order valence-corrected chi connectivity index (χ0v) is 14.7. The summed E-state index contributed by atoms with van der Waals surface area (Å²) in [6.07, 6.45) is 0.686. The largest absolute Gasteiger partial charge is 0.458 e. The summed E-state index contributed by atoms with van der Waals surface area (Å²) in [4.78, 5) is 37.4. The Morgan fingerprint density at radius 3 is 2.77 bits per heavy atom. The number of esters is 1. The molecule has 1 aromatic rings. The number of nitrogens with one attached hydrogen (secondary N) is 1. The molecule has 26 heavy (non-hydrogen) atoms. The molecule has 0 unspecified atom stereocenters. The molecular formula is C16H21FN4O5. The molecule has 0 amide bonds. The van der Waals surface area contributed by atoms with Crippen molar-refractivity contribution in [2.75, 3.05) is 6.61 Å². The molecule has 1 aromatic heterocycles. The molecule has 1 aliphatic rings. The minimum Gasteiger partial charge on any atom is -0.458 e. The van der Waals surface area contributed by atoms with Gasteiger partial charge in [-0.25, -0.2) is 9.18 Å². The zero-order chi connectivity index (χ0) is 19.7. The summed E-state index contributed by atoms with van der Waals surface area (Å²) in [7, 11) is 0. The van der Waals surface area contributed by atoms with E-state index in [-0.39, 0.29) is 24.3 Å². The van der Waals surface area contributed by atoms with E-state index >= 15 is 0 Å². The van der Waals surface area contributed by atoms with E-state index in [1.807, 2.05) is 4.98 Å². The molecule has 0 aromatic carbocycles. The van der Waals surface area contributed by atoms with Gasteiger partial charge in [0.1, 0.15) is 12.1 Å². The van der Waals surface area contributed by atoms with Gasteiger partial charge < -0.3 is 15.2 Å². The second kappa shape index (κ2) is 7.01. The maximum Gasteiger partial charge on any atom is 0.331 e. The highest BCUT2D eigenvalue weighted by Gasteiger charge is 2.53. The van der Waals surface area contributed by atoms with Gasteiger partial charge in [-0.3, -0.25) is 19.1 Å². The topological polar surface area (TPSA) is 140 Å². The van der Waals surface area contributed by atoms with Crippen LogP contribution in [0.3, 0.4) is 0 Å².